The normalized spacial score (nSPS) is 10.6. The van der Waals surface area contributed by atoms with Gasteiger partial charge in [0.25, 0.3) is 0 Å². The number of hydrogen-bond acceptors (Lipinski definition) is 3. The van der Waals surface area contributed by atoms with Crippen molar-refractivity contribution in [2.24, 2.45) is 0 Å². The Kier molecular flexibility index (Phi) is 6.10. The Morgan fingerprint density at radius 1 is 0.905 bits per heavy atom. The SMILES string of the molecule is CCN(CC)CCNc1ccccc1Oc1ccccc1. The van der Waals surface area contributed by atoms with Gasteiger partial charge in [-0.3, -0.25) is 0 Å². The molecule has 0 unspecified atom stereocenters. The van der Waals surface area contributed by atoms with Gasteiger partial charge in [0.2, 0.25) is 0 Å². The molecule has 0 radical (unpaired) electrons. The van der Waals surface area contributed by atoms with E-state index in [1.165, 1.54) is 0 Å². The molecule has 0 aliphatic carbocycles. The standard InChI is InChI=1S/C18H24N2O/c1-3-20(4-2)15-14-19-17-12-8-9-13-18(17)21-16-10-6-5-7-11-16/h5-13,19H,3-4,14-15H2,1-2H3. The second-order valence-electron chi connectivity index (χ2n) is 4.86. The number of anilines is 1. The van der Waals surface area contributed by atoms with Gasteiger partial charge in [0, 0.05) is 13.1 Å². The number of para-hydroxylation sites is 3. The summed E-state index contributed by atoms with van der Waals surface area (Å²) in [6, 6.07) is 17.9. The Bertz CT molecular complexity index is 524. The molecule has 3 heteroatoms. The fraction of sp³-hybridized carbons (Fsp3) is 0.333. The zero-order valence-electron chi connectivity index (χ0n) is 12.9. The molecule has 0 aromatic heterocycles. The van der Waals surface area contributed by atoms with Crippen molar-refractivity contribution in [1.29, 1.82) is 0 Å². The predicted octanol–water partition coefficient (Wildman–Crippen LogP) is 4.23. The van der Waals surface area contributed by atoms with Crippen LogP contribution in [-0.4, -0.2) is 31.1 Å². The van der Waals surface area contributed by atoms with Gasteiger partial charge in [-0.1, -0.05) is 44.2 Å². The van der Waals surface area contributed by atoms with Crippen LogP contribution in [0.4, 0.5) is 5.69 Å². The number of rotatable bonds is 8. The van der Waals surface area contributed by atoms with Crippen LogP contribution in [0.1, 0.15) is 13.8 Å². The second kappa shape index (κ2) is 8.32. The van der Waals surface area contributed by atoms with E-state index in [4.69, 9.17) is 4.74 Å². The molecule has 2 rings (SSSR count). The van der Waals surface area contributed by atoms with E-state index in [-0.39, 0.29) is 0 Å². The van der Waals surface area contributed by atoms with Gasteiger partial charge in [-0.2, -0.15) is 0 Å². The first kappa shape index (κ1) is 15.4. The molecule has 21 heavy (non-hydrogen) atoms. The first-order valence-corrected chi connectivity index (χ1v) is 7.61. The van der Waals surface area contributed by atoms with Gasteiger partial charge in [-0.15, -0.1) is 0 Å². The summed E-state index contributed by atoms with van der Waals surface area (Å²) in [6.07, 6.45) is 0. The molecule has 1 N–H and O–H groups in total. The van der Waals surface area contributed by atoms with Crippen LogP contribution < -0.4 is 10.1 Å². The molecule has 0 heterocycles. The lowest BCUT2D eigenvalue weighted by atomic mass is 10.3. The van der Waals surface area contributed by atoms with E-state index in [0.29, 0.717) is 0 Å². The van der Waals surface area contributed by atoms with Crippen LogP contribution in [0.15, 0.2) is 54.6 Å². The number of nitrogens with one attached hydrogen (secondary N) is 1. The zero-order valence-corrected chi connectivity index (χ0v) is 12.9. The average molecular weight is 284 g/mol. The van der Waals surface area contributed by atoms with Crippen LogP contribution >= 0.6 is 0 Å². The maximum absolute atomic E-state index is 5.94. The molecule has 112 valence electrons. The first-order valence-electron chi connectivity index (χ1n) is 7.61. The molecule has 0 bridgehead atoms. The molecule has 3 nitrogen and oxygen atoms in total. The molecular weight excluding hydrogens is 260 g/mol. The number of hydrogen-bond donors (Lipinski definition) is 1. The van der Waals surface area contributed by atoms with Gasteiger partial charge in [-0.25, -0.2) is 0 Å². The van der Waals surface area contributed by atoms with E-state index in [9.17, 15) is 0 Å². The molecule has 0 spiro atoms. The fourth-order valence-corrected chi connectivity index (χ4v) is 2.21. The van der Waals surface area contributed by atoms with Crippen molar-refractivity contribution in [3.8, 4) is 11.5 Å². The van der Waals surface area contributed by atoms with Crippen LogP contribution in [0.5, 0.6) is 11.5 Å². The molecule has 2 aromatic rings. The third-order valence-electron chi connectivity index (χ3n) is 3.50. The minimum atomic E-state index is 0.857. The van der Waals surface area contributed by atoms with E-state index in [2.05, 4.69) is 30.1 Å². The molecule has 0 fully saturated rings. The number of nitrogens with zero attached hydrogens (tertiary/aromatic N) is 1. The van der Waals surface area contributed by atoms with Gasteiger partial charge in [0.05, 0.1) is 5.69 Å². The highest BCUT2D eigenvalue weighted by Crippen LogP contribution is 2.28. The molecule has 2 aromatic carbocycles. The number of likely N-dealkylation sites (N-methyl/N-ethyl adjacent to an activating group) is 1. The molecular formula is C18H24N2O. The smallest absolute Gasteiger partial charge is 0.150 e. The van der Waals surface area contributed by atoms with Crippen LogP contribution in [0.2, 0.25) is 0 Å². The largest absolute Gasteiger partial charge is 0.455 e. The first-order chi connectivity index (χ1) is 10.3. The maximum Gasteiger partial charge on any atom is 0.150 e. The Labute approximate surface area is 127 Å². The average Bonchev–Trinajstić information content (AvgIpc) is 2.54. The van der Waals surface area contributed by atoms with Crippen molar-refractivity contribution < 1.29 is 4.74 Å². The van der Waals surface area contributed by atoms with Gasteiger partial charge >= 0.3 is 0 Å². The summed E-state index contributed by atoms with van der Waals surface area (Å²) in [6.45, 7) is 8.50. The second-order valence-corrected chi connectivity index (χ2v) is 4.86. The van der Waals surface area contributed by atoms with Crippen LogP contribution in [0.3, 0.4) is 0 Å². The number of ether oxygens (including phenoxy) is 1. The third kappa shape index (κ3) is 4.80. The Morgan fingerprint density at radius 3 is 2.29 bits per heavy atom. The zero-order chi connectivity index (χ0) is 14.9. The van der Waals surface area contributed by atoms with Crippen LogP contribution in [0.25, 0.3) is 0 Å². The van der Waals surface area contributed by atoms with Crippen molar-refractivity contribution in [3.63, 3.8) is 0 Å². The van der Waals surface area contributed by atoms with Gasteiger partial charge in [-0.05, 0) is 37.4 Å². The summed E-state index contributed by atoms with van der Waals surface area (Å²) in [5.74, 6) is 1.72. The van der Waals surface area contributed by atoms with Crippen molar-refractivity contribution in [2.45, 2.75) is 13.8 Å². The minimum Gasteiger partial charge on any atom is -0.455 e. The van der Waals surface area contributed by atoms with Crippen LogP contribution in [0, 0.1) is 0 Å². The Morgan fingerprint density at radius 2 is 1.57 bits per heavy atom. The summed E-state index contributed by atoms with van der Waals surface area (Å²) in [5, 5.41) is 3.47. The van der Waals surface area contributed by atoms with Crippen molar-refractivity contribution in [2.75, 3.05) is 31.5 Å². The Balaban J connectivity index is 1.97. The van der Waals surface area contributed by atoms with E-state index in [0.717, 1.165) is 43.4 Å². The predicted molar refractivity (Wildman–Crippen MR) is 89.2 cm³/mol. The lowest BCUT2D eigenvalue weighted by molar-refractivity contribution is 0.316. The van der Waals surface area contributed by atoms with E-state index < -0.39 is 0 Å². The van der Waals surface area contributed by atoms with E-state index >= 15 is 0 Å². The fourth-order valence-electron chi connectivity index (χ4n) is 2.21. The minimum absolute atomic E-state index is 0.857. The molecule has 0 saturated carbocycles. The molecule has 0 aliphatic heterocycles. The lowest BCUT2D eigenvalue weighted by Crippen LogP contribution is -2.28. The van der Waals surface area contributed by atoms with Crippen LogP contribution in [-0.2, 0) is 0 Å². The van der Waals surface area contributed by atoms with Crippen molar-refractivity contribution in [1.82, 2.24) is 4.90 Å². The molecule has 0 amide bonds. The van der Waals surface area contributed by atoms with E-state index in [1.807, 2.05) is 48.5 Å². The van der Waals surface area contributed by atoms with Gasteiger partial charge in [0.1, 0.15) is 5.75 Å². The molecule has 0 atom stereocenters. The highest BCUT2D eigenvalue weighted by Gasteiger charge is 2.04. The topological polar surface area (TPSA) is 24.5 Å². The summed E-state index contributed by atoms with van der Waals surface area (Å²) in [5.41, 5.74) is 1.04. The monoisotopic (exact) mass is 284 g/mol. The lowest BCUT2D eigenvalue weighted by Gasteiger charge is -2.19. The quantitative estimate of drug-likeness (QED) is 0.785. The molecule has 0 saturated heterocycles. The summed E-state index contributed by atoms with van der Waals surface area (Å²) in [4.78, 5) is 2.40. The molecule has 0 aliphatic rings. The summed E-state index contributed by atoms with van der Waals surface area (Å²) < 4.78 is 5.94. The Hall–Kier alpha value is -2.00. The van der Waals surface area contributed by atoms with E-state index in [1.54, 1.807) is 0 Å². The highest BCUT2D eigenvalue weighted by molar-refractivity contribution is 5.57. The van der Waals surface area contributed by atoms with Gasteiger partial charge in [0.15, 0.2) is 5.75 Å². The van der Waals surface area contributed by atoms with Crippen molar-refractivity contribution in [3.05, 3.63) is 54.6 Å². The summed E-state index contributed by atoms with van der Waals surface area (Å²) >= 11 is 0. The maximum atomic E-state index is 5.94. The summed E-state index contributed by atoms with van der Waals surface area (Å²) in [7, 11) is 0. The van der Waals surface area contributed by atoms with Gasteiger partial charge < -0.3 is 15.0 Å². The third-order valence-corrected chi connectivity index (χ3v) is 3.50. The number of benzene rings is 2. The highest BCUT2D eigenvalue weighted by atomic mass is 16.5. The van der Waals surface area contributed by atoms with Crippen molar-refractivity contribution >= 4 is 5.69 Å².